The number of piperidine rings is 1. The molecular weight excluding hydrogens is 224 g/mol. The summed E-state index contributed by atoms with van der Waals surface area (Å²) in [6, 6.07) is 8.68. The monoisotopic (exact) mass is 246 g/mol. The Morgan fingerprint density at radius 1 is 1.39 bits per heavy atom. The predicted octanol–water partition coefficient (Wildman–Crippen LogP) is 1.66. The second-order valence-electron chi connectivity index (χ2n) is 5.74. The van der Waals surface area contributed by atoms with Gasteiger partial charge >= 0.3 is 0 Å². The van der Waals surface area contributed by atoms with Crippen LogP contribution in [0.4, 0.5) is 0 Å². The Morgan fingerprint density at radius 2 is 2.22 bits per heavy atom. The van der Waals surface area contributed by atoms with Crippen molar-refractivity contribution in [3.8, 4) is 5.75 Å². The van der Waals surface area contributed by atoms with Gasteiger partial charge < -0.3 is 10.5 Å². The van der Waals surface area contributed by atoms with Crippen molar-refractivity contribution in [1.82, 2.24) is 4.90 Å². The van der Waals surface area contributed by atoms with Crippen LogP contribution in [0.25, 0.3) is 0 Å². The summed E-state index contributed by atoms with van der Waals surface area (Å²) in [6.45, 7) is 5.43. The van der Waals surface area contributed by atoms with Crippen molar-refractivity contribution in [1.29, 1.82) is 0 Å². The third-order valence-corrected chi connectivity index (χ3v) is 4.28. The van der Waals surface area contributed by atoms with Gasteiger partial charge in [0.05, 0.1) is 0 Å². The topological polar surface area (TPSA) is 38.5 Å². The third kappa shape index (κ3) is 2.38. The summed E-state index contributed by atoms with van der Waals surface area (Å²) in [5.74, 6) is 1.72. The van der Waals surface area contributed by atoms with Crippen LogP contribution in [0.2, 0.25) is 0 Å². The van der Waals surface area contributed by atoms with Crippen molar-refractivity contribution in [2.24, 2.45) is 11.7 Å². The van der Waals surface area contributed by atoms with E-state index in [9.17, 15) is 0 Å². The standard InChI is InChI=1S/C15H22N2O/c1-11-6-7-17(10-14(11)16)9-13-8-12-4-2-3-5-15(12)18-13/h2-5,11,13-14H,6-10,16H2,1H3. The number of nitrogens with two attached hydrogens (primary N) is 1. The molecule has 98 valence electrons. The minimum atomic E-state index is 0.308. The summed E-state index contributed by atoms with van der Waals surface area (Å²) in [6.07, 6.45) is 2.56. The van der Waals surface area contributed by atoms with Crippen LogP contribution in [0.3, 0.4) is 0 Å². The normalized spacial score (nSPS) is 32.0. The first-order valence-corrected chi connectivity index (χ1v) is 6.95. The maximum absolute atomic E-state index is 6.14. The van der Waals surface area contributed by atoms with Crippen LogP contribution < -0.4 is 10.5 Å². The molecule has 0 saturated carbocycles. The molecule has 3 nitrogen and oxygen atoms in total. The molecule has 1 aromatic carbocycles. The van der Waals surface area contributed by atoms with Crippen molar-refractivity contribution in [3.63, 3.8) is 0 Å². The summed E-state index contributed by atoms with van der Waals surface area (Å²) in [5, 5.41) is 0. The SMILES string of the molecule is CC1CCN(CC2Cc3ccccc3O2)CC1N. The van der Waals surface area contributed by atoms with Crippen LogP contribution in [-0.4, -0.2) is 36.7 Å². The number of hydrogen-bond acceptors (Lipinski definition) is 3. The average Bonchev–Trinajstić information content (AvgIpc) is 2.76. The van der Waals surface area contributed by atoms with E-state index in [4.69, 9.17) is 10.5 Å². The fraction of sp³-hybridized carbons (Fsp3) is 0.600. The fourth-order valence-electron chi connectivity index (χ4n) is 2.98. The van der Waals surface area contributed by atoms with Gasteiger partial charge in [0.25, 0.3) is 0 Å². The Labute approximate surface area is 109 Å². The Morgan fingerprint density at radius 3 is 3.00 bits per heavy atom. The first-order chi connectivity index (χ1) is 8.72. The summed E-state index contributed by atoms with van der Waals surface area (Å²) < 4.78 is 5.99. The molecule has 3 heteroatoms. The zero-order valence-electron chi connectivity index (χ0n) is 11.0. The molecule has 2 aliphatic rings. The Bertz CT molecular complexity index is 396. The van der Waals surface area contributed by atoms with Crippen molar-refractivity contribution in [3.05, 3.63) is 29.8 Å². The second-order valence-corrected chi connectivity index (χ2v) is 5.74. The molecule has 0 bridgehead atoms. The number of hydrogen-bond donors (Lipinski definition) is 1. The van der Waals surface area contributed by atoms with Gasteiger partial charge in [0.1, 0.15) is 11.9 Å². The molecule has 1 aromatic rings. The van der Waals surface area contributed by atoms with E-state index >= 15 is 0 Å². The molecular formula is C15H22N2O. The highest BCUT2D eigenvalue weighted by Gasteiger charge is 2.28. The lowest BCUT2D eigenvalue weighted by atomic mass is 9.94. The van der Waals surface area contributed by atoms with Gasteiger partial charge in [-0.2, -0.15) is 0 Å². The molecule has 0 radical (unpaired) electrons. The van der Waals surface area contributed by atoms with Gasteiger partial charge in [0.2, 0.25) is 0 Å². The molecule has 18 heavy (non-hydrogen) atoms. The lowest BCUT2D eigenvalue weighted by molar-refractivity contribution is 0.109. The Balaban J connectivity index is 1.57. The van der Waals surface area contributed by atoms with E-state index < -0.39 is 0 Å². The zero-order valence-corrected chi connectivity index (χ0v) is 11.0. The first-order valence-electron chi connectivity index (χ1n) is 6.95. The summed E-state index contributed by atoms with van der Waals surface area (Å²) in [5.41, 5.74) is 7.49. The van der Waals surface area contributed by atoms with Crippen LogP contribution in [0.15, 0.2) is 24.3 Å². The number of benzene rings is 1. The van der Waals surface area contributed by atoms with Crippen LogP contribution in [0, 0.1) is 5.92 Å². The van der Waals surface area contributed by atoms with E-state index in [1.165, 1.54) is 12.0 Å². The number of para-hydroxylation sites is 1. The molecule has 2 aliphatic heterocycles. The quantitative estimate of drug-likeness (QED) is 0.862. The van der Waals surface area contributed by atoms with Crippen molar-refractivity contribution < 1.29 is 4.74 Å². The van der Waals surface area contributed by atoms with Crippen LogP contribution >= 0.6 is 0 Å². The van der Waals surface area contributed by atoms with Gasteiger partial charge in [-0.3, -0.25) is 4.90 Å². The maximum atomic E-state index is 6.14. The van der Waals surface area contributed by atoms with Crippen molar-refractivity contribution in [2.45, 2.75) is 31.9 Å². The molecule has 0 spiro atoms. The van der Waals surface area contributed by atoms with E-state index in [1.54, 1.807) is 0 Å². The van der Waals surface area contributed by atoms with Crippen LogP contribution in [0.5, 0.6) is 5.75 Å². The van der Waals surface area contributed by atoms with Gasteiger partial charge in [0, 0.05) is 25.6 Å². The molecule has 1 saturated heterocycles. The summed E-state index contributed by atoms with van der Waals surface area (Å²) in [7, 11) is 0. The molecule has 0 aliphatic carbocycles. The molecule has 3 unspecified atom stereocenters. The average molecular weight is 246 g/mol. The van der Waals surface area contributed by atoms with Gasteiger partial charge in [0.15, 0.2) is 0 Å². The fourth-order valence-corrected chi connectivity index (χ4v) is 2.98. The molecule has 3 rings (SSSR count). The van der Waals surface area contributed by atoms with Gasteiger partial charge in [-0.15, -0.1) is 0 Å². The zero-order chi connectivity index (χ0) is 12.5. The Hall–Kier alpha value is -1.06. The molecule has 2 heterocycles. The molecule has 2 N–H and O–H groups in total. The second kappa shape index (κ2) is 4.90. The lowest BCUT2D eigenvalue weighted by Gasteiger charge is -2.36. The molecule has 1 fully saturated rings. The van der Waals surface area contributed by atoms with Gasteiger partial charge in [-0.05, 0) is 30.5 Å². The van der Waals surface area contributed by atoms with Crippen LogP contribution in [0.1, 0.15) is 18.9 Å². The number of rotatable bonds is 2. The molecule has 0 amide bonds. The number of nitrogens with zero attached hydrogens (tertiary/aromatic N) is 1. The van der Waals surface area contributed by atoms with Crippen molar-refractivity contribution in [2.75, 3.05) is 19.6 Å². The largest absolute Gasteiger partial charge is 0.488 e. The first kappa shape index (κ1) is 12.0. The predicted molar refractivity (Wildman–Crippen MR) is 72.8 cm³/mol. The number of fused-ring (bicyclic) bond motifs is 1. The lowest BCUT2D eigenvalue weighted by Crippen LogP contribution is -2.50. The van der Waals surface area contributed by atoms with E-state index in [0.29, 0.717) is 18.1 Å². The maximum Gasteiger partial charge on any atom is 0.123 e. The third-order valence-electron chi connectivity index (χ3n) is 4.28. The summed E-state index contributed by atoms with van der Waals surface area (Å²) in [4.78, 5) is 2.46. The van der Waals surface area contributed by atoms with Gasteiger partial charge in [-0.1, -0.05) is 25.1 Å². The highest BCUT2D eigenvalue weighted by Crippen LogP contribution is 2.29. The van der Waals surface area contributed by atoms with E-state index in [0.717, 1.165) is 31.8 Å². The van der Waals surface area contributed by atoms with Crippen LogP contribution in [-0.2, 0) is 6.42 Å². The minimum absolute atomic E-state index is 0.308. The number of likely N-dealkylation sites (tertiary alicyclic amines) is 1. The Kier molecular flexibility index (Phi) is 3.27. The van der Waals surface area contributed by atoms with E-state index in [-0.39, 0.29) is 0 Å². The molecule has 3 atom stereocenters. The molecule has 0 aromatic heterocycles. The minimum Gasteiger partial charge on any atom is -0.488 e. The van der Waals surface area contributed by atoms with E-state index in [1.807, 2.05) is 6.07 Å². The summed E-state index contributed by atoms with van der Waals surface area (Å²) >= 11 is 0. The highest BCUT2D eigenvalue weighted by atomic mass is 16.5. The van der Waals surface area contributed by atoms with Crippen molar-refractivity contribution >= 4 is 0 Å². The van der Waals surface area contributed by atoms with Gasteiger partial charge in [-0.25, -0.2) is 0 Å². The van der Waals surface area contributed by atoms with E-state index in [2.05, 4.69) is 30.0 Å². The number of ether oxygens (including phenoxy) is 1. The highest BCUT2D eigenvalue weighted by molar-refractivity contribution is 5.37. The smallest absolute Gasteiger partial charge is 0.123 e.